The first-order valence-corrected chi connectivity index (χ1v) is 25.6. The van der Waals surface area contributed by atoms with E-state index in [0.717, 1.165) is 30.1 Å². The van der Waals surface area contributed by atoms with Crippen molar-refractivity contribution in [3.63, 3.8) is 0 Å². The van der Waals surface area contributed by atoms with Gasteiger partial charge in [0.05, 0.1) is 11.4 Å². The highest BCUT2D eigenvalue weighted by Crippen LogP contribution is 2.95. The average Bonchev–Trinajstić information content (AvgIpc) is 3.63. The van der Waals surface area contributed by atoms with Gasteiger partial charge in [-0.3, -0.25) is 0 Å². The minimum Gasteiger partial charge on any atom is -0.309 e. The summed E-state index contributed by atoms with van der Waals surface area (Å²) >= 11 is 0. The van der Waals surface area contributed by atoms with E-state index in [1.165, 1.54) is 124 Å². The van der Waals surface area contributed by atoms with Crippen molar-refractivity contribution in [3.8, 4) is 22.3 Å². The summed E-state index contributed by atoms with van der Waals surface area (Å²) in [7, 11) is 0. The van der Waals surface area contributed by atoms with Gasteiger partial charge in [-0.25, -0.2) is 0 Å². The Labute approximate surface area is 392 Å². The van der Waals surface area contributed by atoms with Gasteiger partial charge >= 0.3 is 0 Å². The van der Waals surface area contributed by atoms with Gasteiger partial charge < -0.3 is 4.90 Å². The van der Waals surface area contributed by atoms with Gasteiger partial charge in [-0.1, -0.05) is 197 Å². The van der Waals surface area contributed by atoms with Crippen molar-refractivity contribution in [2.75, 3.05) is 4.90 Å². The topological polar surface area (TPSA) is 3.24 Å². The molecule has 0 N–H and O–H groups in total. The molecule has 7 aromatic rings. The number of nitrogens with zero attached hydrogens (tertiary/aromatic N) is 1. The van der Waals surface area contributed by atoms with Gasteiger partial charge in [0, 0.05) is 28.1 Å². The Kier molecular flexibility index (Phi) is 8.50. The Morgan fingerprint density at radius 1 is 0.545 bits per heavy atom. The monoisotopic (exact) mass is 855 g/mol. The van der Waals surface area contributed by atoms with Crippen LogP contribution in [-0.4, -0.2) is 0 Å². The number of fused-ring (bicyclic) bond motifs is 7. The molecular weight excluding hydrogens is 795 g/mol. The Morgan fingerprint density at radius 2 is 1.21 bits per heavy atom. The number of anilines is 3. The molecule has 2 spiro atoms. The lowest BCUT2D eigenvalue weighted by Gasteiger charge is -2.92. The van der Waals surface area contributed by atoms with Gasteiger partial charge in [0.25, 0.3) is 0 Å². The second-order valence-electron chi connectivity index (χ2n) is 22.5. The highest BCUT2D eigenvalue weighted by molar-refractivity contribution is 6.04. The normalized spacial score (nSPS) is 27.8. The van der Waals surface area contributed by atoms with Crippen LogP contribution in [0.4, 0.5) is 17.1 Å². The van der Waals surface area contributed by atoms with Crippen molar-refractivity contribution in [2.45, 2.75) is 101 Å². The number of para-hydroxylation sites is 2. The Morgan fingerprint density at radius 3 is 1.98 bits per heavy atom. The fourth-order valence-corrected chi connectivity index (χ4v) is 16.2. The molecule has 14 rings (SSSR count). The molecule has 0 aromatic heterocycles. The number of rotatable bonds is 7. The molecule has 0 bridgehead atoms. The van der Waals surface area contributed by atoms with Crippen molar-refractivity contribution in [1.29, 1.82) is 0 Å². The summed E-state index contributed by atoms with van der Waals surface area (Å²) in [6.07, 6.45) is 17.2. The predicted octanol–water partition coefficient (Wildman–Crippen LogP) is 17.4. The van der Waals surface area contributed by atoms with Gasteiger partial charge in [0.2, 0.25) is 0 Å². The summed E-state index contributed by atoms with van der Waals surface area (Å²) in [5.41, 5.74) is 20.5. The molecule has 0 aliphatic heterocycles. The lowest BCUT2D eigenvalue weighted by Crippen LogP contribution is -2.88. The molecule has 66 heavy (non-hydrogen) atoms. The first-order valence-electron chi connectivity index (χ1n) is 25.6. The van der Waals surface area contributed by atoms with E-state index < -0.39 is 0 Å². The minimum absolute atomic E-state index is 0.0401. The molecule has 5 saturated carbocycles. The summed E-state index contributed by atoms with van der Waals surface area (Å²) in [5.74, 6) is 4.52. The number of benzene rings is 7. The summed E-state index contributed by atoms with van der Waals surface area (Å²) in [4.78, 5) is 2.70. The molecule has 5 atom stereocenters. The van der Waals surface area contributed by atoms with Crippen LogP contribution >= 0.6 is 0 Å². The second-order valence-corrected chi connectivity index (χ2v) is 22.5. The standard InChI is InChI=1S/C65H61N/c1-63(2,3)45-33-35-49(41-18-6-4-7-19-41)59(38-45)66(58-31-15-12-26-53(58)54-28-17-23-43-22-16-27-50(62(43)54)42-20-8-5-9-21-42)57-30-14-11-24-48(57)44-32-34-52-51-25-10-13-29-55(51)65(56(52)36-44)60-39-46-37-47-40-61(65)64(46,47)60/h4,6-7,10-19,22-35,38,42,44,46-47,60-61H,5,8-9,20-21,36-37,39-40H2,1-3H3. The molecule has 5 unspecified atom stereocenters. The Balaban J connectivity index is 0.976. The fourth-order valence-electron chi connectivity index (χ4n) is 16.2. The van der Waals surface area contributed by atoms with Gasteiger partial charge in [-0.15, -0.1) is 0 Å². The zero-order valence-electron chi connectivity index (χ0n) is 38.9. The maximum Gasteiger partial charge on any atom is 0.0543 e. The maximum absolute atomic E-state index is 2.70. The van der Waals surface area contributed by atoms with Crippen molar-refractivity contribution >= 4 is 33.4 Å². The summed E-state index contributed by atoms with van der Waals surface area (Å²) in [6.45, 7) is 7.08. The SMILES string of the molecule is CC(C)(C)c1ccc(-c2ccccc2)c(N(c2ccccc2-c2cccc3cccc(C4CCCCC4)c23)c2ccccc2C2C=CC3=C(C2)C2(c4ccccc43)C3CC4CC5CC2C453)c1. The molecule has 7 aliphatic rings. The van der Waals surface area contributed by atoms with Crippen LogP contribution in [0.1, 0.15) is 118 Å². The molecule has 0 radical (unpaired) electrons. The summed E-state index contributed by atoms with van der Waals surface area (Å²) in [6, 6.07) is 61.1. The van der Waals surface area contributed by atoms with E-state index in [1.54, 1.807) is 16.7 Å². The lowest BCUT2D eigenvalue weighted by atomic mass is 9.11. The van der Waals surface area contributed by atoms with E-state index >= 15 is 0 Å². The molecule has 7 aromatic carbocycles. The van der Waals surface area contributed by atoms with Crippen LogP contribution in [0.3, 0.4) is 0 Å². The van der Waals surface area contributed by atoms with E-state index in [4.69, 9.17) is 0 Å². The third-order valence-corrected chi connectivity index (χ3v) is 18.9. The van der Waals surface area contributed by atoms with Crippen LogP contribution in [0.2, 0.25) is 0 Å². The smallest absolute Gasteiger partial charge is 0.0543 e. The van der Waals surface area contributed by atoms with Crippen molar-refractivity contribution in [1.82, 2.24) is 0 Å². The number of allylic oxidation sites excluding steroid dienone is 4. The predicted molar refractivity (Wildman–Crippen MR) is 276 cm³/mol. The van der Waals surface area contributed by atoms with E-state index in [9.17, 15) is 0 Å². The Bertz CT molecular complexity index is 3140. The van der Waals surface area contributed by atoms with Crippen LogP contribution in [0.5, 0.6) is 0 Å². The van der Waals surface area contributed by atoms with Gasteiger partial charge in [-0.2, -0.15) is 0 Å². The first-order chi connectivity index (χ1) is 32.4. The molecule has 0 amide bonds. The third-order valence-electron chi connectivity index (χ3n) is 18.9. The average molecular weight is 856 g/mol. The fraction of sp³-hybridized carbons (Fsp3) is 0.323. The molecule has 0 saturated heterocycles. The largest absolute Gasteiger partial charge is 0.309 e. The zero-order chi connectivity index (χ0) is 43.9. The molecule has 5 fully saturated rings. The van der Waals surface area contributed by atoms with Crippen molar-refractivity contribution < 1.29 is 0 Å². The first kappa shape index (κ1) is 39.3. The van der Waals surface area contributed by atoms with Gasteiger partial charge in [0.1, 0.15) is 0 Å². The summed E-state index contributed by atoms with van der Waals surface area (Å²) in [5, 5.41) is 2.77. The van der Waals surface area contributed by atoms with Crippen LogP contribution < -0.4 is 4.90 Å². The number of hydrogen-bond acceptors (Lipinski definition) is 1. The highest BCUT2D eigenvalue weighted by Gasteiger charge is 2.90. The molecule has 1 nitrogen and oxygen atoms in total. The summed E-state index contributed by atoms with van der Waals surface area (Å²) < 4.78 is 0. The highest BCUT2D eigenvalue weighted by atomic mass is 15.2. The molecule has 1 heteroatoms. The van der Waals surface area contributed by atoms with E-state index in [0.29, 0.717) is 11.3 Å². The second kappa shape index (κ2) is 14.3. The third kappa shape index (κ3) is 5.18. The molecule has 0 heterocycles. The molecule has 326 valence electrons. The minimum atomic E-state index is -0.0401. The van der Waals surface area contributed by atoms with Gasteiger partial charge in [-0.05, 0) is 152 Å². The quantitative estimate of drug-likeness (QED) is 0.154. The lowest BCUT2D eigenvalue weighted by molar-refractivity contribution is -0.413. The molecular formula is C65H61N. The van der Waals surface area contributed by atoms with Gasteiger partial charge in [0.15, 0.2) is 0 Å². The van der Waals surface area contributed by atoms with Crippen LogP contribution in [0.25, 0.3) is 38.6 Å². The van der Waals surface area contributed by atoms with E-state index in [1.807, 2.05) is 0 Å². The van der Waals surface area contributed by atoms with Crippen LogP contribution in [0, 0.1) is 29.1 Å². The van der Waals surface area contributed by atoms with E-state index in [-0.39, 0.29) is 16.7 Å². The van der Waals surface area contributed by atoms with E-state index in [2.05, 4.69) is 196 Å². The van der Waals surface area contributed by atoms with Crippen LogP contribution in [0.15, 0.2) is 175 Å². The Hall–Kier alpha value is -5.92. The van der Waals surface area contributed by atoms with Crippen LogP contribution in [-0.2, 0) is 10.8 Å². The molecule has 7 aliphatic carbocycles. The number of hydrogen-bond donors (Lipinski definition) is 0. The zero-order valence-corrected chi connectivity index (χ0v) is 38.9. The van der Waals surface area contributed by atoms with Crippen molar-refractivity contribution in [2.24, 2.45) is 29.1 Å². The maximum atomic E-state index is 2.70. The van der Waals surface area contributed by atoms with Crippen molar-refractivity contribution in [3.05, 3.63) is 203 Å².